The van der Waals surface area contributed by atoms with Crippen LogP contribution in [0.3, 0.4) is 0 Å². The Bertz CT molecular complexity index is 890. The highest BCUT2D eigenvalue weighted by molar-refractivity contribution is 9.11. The molecular weight excluding hydrogens is 422 g/mol. The number of nitrogens with two attached hydrogens (primary N) is 1. The van der Waals surface area contributed by atoms with Gasteiger partial charge in [0.25, 0.3) is 0 Å². The molecule has 2 rings (SSSR count). The number of primary sulfonamides is 1. The highest BCUT2D eigenvalue weighted by Crippen LogP contribution is 2.25. The summed E-state index contributed by atoms with van der Waals surface area (Å²) in [5, 5.41) is 5.09. The average molecular weight is 434 g/mol. The van der Waals surface area contributed by atoms with Crippen molar-refractivity contribution >= 4 is 49.0 Å². The average Bonchev–Trinajstić information content (AvgIpc) is 2.97. The SMILES string of the molecule is COc1ccc(C(=O)OCC(=O)c2ccc(Br)s2)cc1S(N)(=O)=O. The van der Waals surface area contributed by atoms with Gasteiger partial charge in [-0.15, -0.1) is 11.3 Å². The van der Waals surface area contributed by atoms with Crippen LogP contribution in [0.2, 0.25) is 0 Å². The van der Waals surface area contributed by atoms with Crippen LogP contribution in [-0.4, -0.2) is 33.9 Å². The number of hydrogen-bond donors (Lipinski definition) is 1. The number of esters is 1. The van der Waals surface area contributed by atoms with E-state index in [-0.39, 0.29) is 22.0 Å². The number of sulfonamides is 1. The predicted molar refractivity (Wildman–Crippen MR) is 91.0 cm³/mol. The van der Waals surface area contributed by atoms with E-state index in [9.17, 15) is 18.0 Å². The van der Waals surface area contributed by atoms with E-state index < -0.39 is 22.6 Å². The maximum absolute atomic E-state index is 12.0. The third kappa shape index (κ3) is 4.41. The molecule has 0 radical (unpaired) electrons. The van der Waals surface area contributed by atoms with E-state index in [0.717, 1.165) is 9.85 Å². The minimum absolute atomic E-state index is 0.00793. The molecule has 0 bridgehead atoms. The van der Waals surface area contributed by atoms with Gasteiger partial charge in [-0.1, -0.05) is 0 Å². The van der Waals surface area contributed by atoms with Gasteiger partial charge in [0.15, 0.2) is 6.61 Å². The monoisotopic (exact) mass is 433 g/mol. The predicted octanol–water partition coefficient (Wildman–Crippen LogP) is 2.21. The Morgan fingerprint density at radius 1 is 1.25 bits per heavy atom. The summed E-state index contributed by atoms with van der Waals surface area (Å²) in [5.41, 5.74) is -0.0556. The molecule has 0 aliphatic rings. The van der Waals surface area contributed by atoms with Crippen molar-refractivity contribution < 1.29 is 27.5 Å². The van der Waals surface area contributed by atoms with Crippen molar-refractivity contribution in [2.24, 2.45) is 5.14 Å². The Labute approximate surface area is 150 Å². The Balaban J connectivity index is 2.14. The smallest absolute Gasteiger partial charge is 0.338 e. The van der Waals surface area contributed by atoms with E-state index >= 15 is 0 Å². The van der Waals surface area contributed by atoms with Crippen LogP contribution < -0.4 is 9.88 Å². The van der Waals surface area contributed by atoms with Crippen LogP contribution in [-0.2, 0) is 14.8 Å². The van der Waals surface area contributed by atoms with Gasteiger partial charge < -0.3 is 9.47 Å². The number of halogens is 1. The summed E-state index contributed by atoms with van der Waals surface area (Å²) in [6.07, 6.45) is 0. The maximum Gasteiger partial charge on any atom is 0.338 e. The molecular formula is C14H12BrNO6S2. The number of methoxy groups -OCH3 is 1. The van der Waals surface area contributed by atoms with Gasteiger partial charge in [-0.2, -0.15) is 0 Å². The van der Waals surface area contributed by atoms with Crippen molar-refractivity contribution in [2.75, 3.05) is 13.7 Å². The van der Waals surface area contributed by atoms with E-state index in [0.29, 0.717) is 4.88 Å². The summed E-state index contributed by atoms with van der Waals surface area (Å²) in [5.74, 6) is -1.20. The largest absolute Gasteiger partial charge is 0.495 e. The number of Topliss-reactive ketones (excluding diaryl/α,β-unsaturated/α-hetero) is 1. The summed E-state index contributed by atoms with van der Waals surface area (Å²) in [7, 11) is -2.80. The van der Waals surface area contributed by atoms with Crippen LogP contribution in [0.15, 0.2) is 39.0 Å². The molecule has 2 N–H and O–H groups in total. The van der Waals surface area contributed by atoms with Crippen molar-refractivity contribution in [3.63, 3.8) is 0 Å². The fraction of sp³-hybridized carbons (Fsp3) is 0.143. The molecule has 24 heavy (non-hydrogen) atoms. The molecule has 0 atom stereocenters. The van der Waals surface area contributed by atoms with E-state index in [1.54, 1.807) is 12.1 Å². The third-order valence-corrected chi connectivity index (χ3v) is 5.49. The summed E-state index contributed by atoms with van der Waals surface area (Å²) in [6, 6.07) is 6.97. The van der Waals surface area contributed by atoms with E-state index in [4.69, 9.17) is 14.6 Å². The zero-order valence-electron chi connectivity index (χ0n) is 12.3. The van der Waals surface area contributed by atoms with Gasteiger partial charge in [-0.25, -0.2) is 18.4 Å². The van der Waals surface area contributed by atoms with Crippen LogP contribution in [0.4, 0.5) is 0 Å². The molecule has 128 valence electrons. The zero-order chi connectivity index (χ0) is 17.9. The van der Waals surface area contributed by atoms with E-state index in [2.05, 4.69) is 15.9 Å². The fourth-order valence-electron chi connectivity index (χ4n) is 1.78. The molecule has 0 saturated heterocycles. The zero-order valence-corrected chi connectivity index (χ0v) is 15.5. The van der Waals surface area contributed by atoms with Crippen LogP contribution in [0.25, 0.3) is 0 Å². The minimum Gasteiger partial charge on any atom is -0.495 e. The molecule has 0 fully saturated rings. The Morgan fingerprint density at radius 3 is 2.50 bits per heavy atom. The molecule has 0 amide bonds. The Kier molecular flexibility index (Phi) is 5.75. The molecule has 0 saturated carbocycles. The number of carbonyl (C=O) groups is 2. The highest BCUT2D eigenvalue weighted by atomic mass is 79.9. The first-order chi connectivity index (χ1) is 11.2. The Morgan fingerprint density at radius 2 is 1.96 bits per heavy atom. The maximum atomic E-state index is 12.0. The van der Waals surface area contributed by atoms with E-state index in [1.165, 1.54) is 30.6 Å². The van der Waals surface area contributed by atoms with Crippen molar-refractivity contribution in [3.8, 4) is 5.75 Å². The quantitative estimate of drug-likeness (QED) is 0.551. The van der Waals surface area contributed by atoms with Gasteiger partial charge in [0.1, 0.15) is 10.6 Å². The number of ketones is 1. The highest BCUT2D eigenvalue weighted by Gasteiger charge is 2.19. The molecule has 1 aromatic carbocycles. The van der Waals surface area contributed by atoms with Crippen LogP contribution in [0, 0.1) is 0 Å². The van der Waals surface area contributed by atoms with Gasteiger partial charge in [-0.05, 0) is 46.3 Å². The van der Waals surface area contributed by atoms with E-state index in [1.807, 2.05) is 0 Å². The van der Waals surface area contributed by atoms with Gasteiger partial charge in [-0.3, -0.25) is 4.79 Å². The van der Waals surface area contributed by atoms with Crippen molar-refractivity contribution in [2.45, 2.75) is 4.90 Å². The van der Waals surface area contributed by atoms with Crippen LogP contribution in [0.1, 0.15) is 20.0 Å². The van der Waals surface area contributed by atoms with Crippen molar-refractivity contribution in [1.29, 1.82) is 0 Å². The molecule has 1 heterocycles. The first kappa shape index (κ1) is 18.6. The lowest BCUT2D eigenvalue weighted by Crippen LogP contribution is -2.16. The molecule has 7 nitrogen and oxygen atoms in total. The lowest BCUT2D eigenvalue weighted by Gasteiger charge is -2.09. The number of benzene rings is 1. The number of carbonyl (C=O) groups excluding carboxylic acids is 2. The van der Waals surface area contributed by atoms with Gasteiger partial charge in [0.2, 0.25) is 15.8 Å². The molecule has 10 heteroatoms. The standard InChI is InChI=1S/C14H12BrNO6S2/c1-21-10-3-2-8(6-12(10)24(16,19)20)14(18)22-7-9(17)11-4-5-13(15)23-11/h2-6H,7H2,1H3,(H2,16,19,20). The normalized spacial score (nSPS) is 11.1. The van der Waals surface area contributed by atoms with Gasteiger partial charge >= 0.3 is 5.97 Å². The molecule has 2 aromatic rings. The number of thiophene rings is 1. The lowest BCUT2D eigenvalue weighted by atomic mass is 10.2. The second-order valence-electron chi connectivity index (χ2n) is 4.51. The molecule has 0 aliphatic heterocycles. The first-order valence-electron chi connectivity index (χ1n) is 6.39. The van der Waals surface area contributed by atoms with Crippen LogP contribution >= 0.6 is 27.3 Å². The van der Waals surface area contributed by atoms with Crippen molar-refractivity contribution in [1.82, 2.24) is 0 Å². The van der Waals surface area contributed by atoms with Crippen molar-refractivity contribution in [3.05, 3.63) is 44.6 Å². The fourth-order valence-corrected chi connectivity index (χ4v) is 3.81. The number of rotatable bonds is 6. The number of hydrogen-bond acceptors (Lipinski definition) is 7. The summed E-state index contributed by atoms with van der Waals surface area (Å²) < 4.78 is 33.7. The van der Waals surface area contributed by atoms with Gasteiger partial charge in [0, 0.05) is 0 Å². The second kappa shape index (κ2) is 7.43. The molecule has 0 spiro atoms. The summed E-state index contributed by atoms with van der Waals surface area (Å²) >= 11 is 4.45. The number of ether oxygens (including phenoxy) is 2. The lowest BCUT2D eigenvalue weighted by molar-refractivity contribution is 0.0475. The Hall–Kier alpha value is -1.75. The topological polar surface area (TPSA) is 113 Å². The second-order valence-corrected chi connectivity index (χ2v) is 8.51. The molecule has 0 aliphatic carbocycles. The summed E-state index contributed by atoms with van der Waals surface area (Å²) in [6.45, 7) is -0.456. The minimum atomic E-state index is -4.08. The third-order valence-electron chi connectivity index (χ3n) is 2.89. The molecule has 1 aromatic heterocycles. The summed E-state index contributed by atoms with van der Waals surface area (Å²) in [4.78, 5) is 24.0. The molecule has 0 unspecified atom stereocenters. The van der Waals surface area contributed by atoms with Crippen LogP contribution in [0.5, 0.6) is 5.75 Å². The first-order valence-corrected chi connectivity index (χ1v) is 9.54. The van der Waals surface area contributed by atoms with Gasteiger partial charge in [0.05, 0.1) is 21.3 Å².